The molecule has 2 aromatic carbocycles. The molecule has 2 heterocycles. The van der Waals surface area contributed by atoms with Crippen molar-refractivity contribution in [3.05, 3.63) is 76.1 Å². The Kier molecular flexibility index (Phi) is 6.84. The van der Waals surface area contributed by atoms with Crippen molar-refractivity contribution in [1.29, 1.82) is 0 Å². The summed E-state index contributed by atoms with van der Waals surface area (Å²) in [5.41, 5.74) is 2.45. The zero-order valence-corrected chi connectivity index (χ0v) is 18.4. The summed E-state index contributed by atoms with van der Waals surface area (Å²) >= 11 is 5.71. The lowest BCUT2D eigenvalue weighted by Crippen LogP contribution is -2.43. The highest BCUT2D eigenvalue weighted by Crippen LogP contribution is 2.20. The van der Waals surface area contributed by atoms with Crippen LogP contribution >= 0.6 is 12.2 Å². The number of rotatable bonds is 7. The lowest BCUT2D eigenvalue weighted by Gasteiger charge is -2.28. The number of nitrogens with one attached hydrogen (secondary N) is 2. The number of fused-ring (bicyclic) bond motifs is 1. The first-order valence-electron chi connectivity index (χ1n) is 10.5. The summed E-state index contributed by atoms with van der Waals surface area (Å²) in [6, 6.07) is 17.7. The molecule has 1 fully saturated rings. The highest BCUT2D eigenvalue weighted by Gasteiger charge is 2.22. The zero-order chi connectivity index (χ0) is 21.6. The van der Waals surface area contributed by atoms with E-state index in [2.05, 4.69) is 22.4 Å². The van der Waals surface area contributed by atoms with Gasteiger partial charge in [0.25, 0.3) is 5.56 Å². The Morgan fingerprint density at radius 3 is 2.84 bits per heavy atom. The standard InChI is InChI=1S/C24H27N3O3S/c1-29-20-10-9-18-12-19(23(28)26-22(18)13-20)15-27(16-21-8-5-11-30-21)24(31)25-14-17-6-3-2-4-7-17/h2-4,6-7,9-10,12-13,21H,5,8,11,14-16H2,1H3,(H,25,31)(H,26,28)/t21-/m0/s1. The van der Waals surface area contributed by atoms with E-state index in [1.807, 2.05) is 47.4 Å². The second kappa shape index (κ2) is 9.94. The molecule has 0 saturated carbocycles. The van der Waals surface area contributed by atoms with E-state index in [-0.39, 0.29) is 11.7 Å². The number of hydrogen-bond acceptors (Lipinski definition) is 4. The highest BCUT2D eigenvalue weighted by molar-refractivity contribution is 7.80. The van der Waals surface area contributed by atoms with Crippen LogP contribution in [-0.2, 0) is 17.8 Å². The number of hydrogen-bond donors (Lipinski definition) is 2. The number of aromatic nitrogens is 1. The van der Waals surface area contributed by atoms with E-state index in [1.165, 1.54) is 0 Å². The fraction of sp³-hybridized carbons (Fsp3) is 0.333. The smallest absolute Gasteiger partial charge is 0.253 e. The average Bonchev–Trinajstić information content (AvgIpc) is 3.31. The summed E-state index contributed by atoms with van der Waals surface area (Å²) in [6.45, 7) is 2.48. The van der Waals surface area contributed by atoms with Gasteiger partial charge in [-0.05, 0) is 54.2 Å². The highest BCUT2D eigenvalue weighted by atomic mass is 32.1. The van der Waals surface area contributed by atoms with Gasteiger partial charge >= 0.3 is 0 Å². The van der Waals surface area contributed by atoms with Gasteiger partial charge < -0.3 is 24.7 Å². The van der Waals surface area contributed by atoms with E-state index in [0.717, 1.165) is 35.9 Å². The molecule has 0 aliphatic carbocycles. The maximum Gasteiger partial charge on any atom is 0.253 e. The summed E-state index contributed by atoms with van der Waals surface area (Å²) in [5, 5.41) is 4.91. The van der Waals surface area contributed by atoms with Gasteiger partial charge in [0.15, 0.2) is 5.11 Å². The maximum atomic E-state index is 12.8. The predicted molar refractivity (Wildman–Crippen MR) is 126 cm³/mol. The minimum atomic E-state index is -0.121. The van der Waals surface area contributed by atoms with Crippen molar-refractivity contribution in [1.82, 2.24) is 15.2 Å². The number of benzene rings is 2. The molecule has 2 N–H and O–H groups in total. The van der Waals surface area contributed by atoms with Crippen molar-refractivity contribution in [3.8, 4) is 5.75 Å². The van der Waals surface area contributed by atoms with E-state index in [4.69, 9.17) is 21.7 Å². The van der Waals surface area contributed by atoms with Gasteiger partial charge in [0.1, 0.15) is 5.75 Å². The topological polar surface area (TPSA) is 66.6 Å². The fourth-order valence-corrected chi connectivity index (χ4v) is 4.03. The summed E-state index contributed by atoms with van der Waals surface area (Å²) in [4.78, 5) is 17.8. The van der Waals surface area contributed by atoms with Crippen molar-refractivity contribution < 1.29 is 9.47 Å². The molecule has 162 valence electrons. The Labute approximate surface area is 187 Å². The molecule has 3 aromatic rings. The van der Waals surface area contributed by atoms with Gasteiger partial charge in [-0.2, -0.15) is 0 Å². The molecule has 31 heavy (non-hydrogen) atoms. The van der Waals surface area contributed by atoms with Crippen LogP contribution in [0.2, 0.25) is 0 Å². The van der Waals surface area contributed by atoms with Crippen molar-refractivity contribution in [2.45, 2.75) is 32.0 Å². The second-order valence-electron chi connectivity index (χ2n) is 7.74. The third kappa shape index (κ3) is 5.42. The van der Waals surface area contributed by atoms with E-state index in [9.17, 15) is 4.79 Å². The monoisotopic (exact) mass is 437 g/mol. The van der Waals surface area contributed by atoms with Crippen molar-refractivity contribution in [3.63, 3.8) is 0 Å². The van der Waals surface area contributed by atoms with Crippen LogP contribution in [0.4, 0.5) is 0 Å². The number of pyridine rings is 1. The Morgan fingerprint density at radius 1 is 1.26 bits per heavy atom. The third-order valence-corrected chi connectivity index (χ3v) is 5.92. The van der Waals surface area contributed by atoms with Crippen LogP contribution in [0, 0.1) is 0 Å². The van der Waals surface area contributed by atoms with Gasteiger partial charge in [-0.15, -0.1) is 0 Å². The van der Waals surface area contributed by atoms with Gasteiger partial charge in [-0.25, -0.2) is 0 Å². The predicted octanol–water partition coefficient (Wildman–Crippen LogP) is 3.59. The summed E-state index contributed by atoms with van der Waals surface area (Å²) in [7, 11) is 1.61. The van der Waals surface area contributed by atoms with Crippen LogP contribution in [-0.4, -0.2) is 41.4 Å². The van der Waals surface area contributed by atoms with Crippen LogP contribution in [0.3, 0.4) is 0 Å². The van der Waals surface area contributed by atoms with Crippen LogP contribution in [0.25, 0.3) is 10.9 Å². The molecule has 1 atom stereocenters. The van der Waals surface area contributed by atoms with Crippen molar-refractivity contribution >= 4 is 28.2 Å². The van der Waals surface area contributed by atoms with Crippen LogP contribution < -0.4 is 15.6 Å². The summed E-state index contributed by atoms with van der Waals surface area (Å²) < 4.78 is 11.1. The van der Waals surface area contributed by atoms with E-state index >= 15 is 0 Å². The average molecular weight is 438 g/mol. The fourth-order valence-electron chi connectivity index (χ4n) is 3.81. The van der Waals surface area contributed by atoms with E-state index in [1.54, 1.807) is 7.11 Å². The molecule has 0 unspecified atom stereocenters. The number of ether oxygens (including phenoxy) is 2. The second-order valence-corrected chi connectivity index (χ2v) is 8.12. The molecule has 1 aliphatic rings. The Balaban J connectivity index is 1.54. The van der Waals surface area contributed by atoms with Gasteiger partial charge in [-0.1, -0.05) is 30.3 Å². The summed E-state index contributed by atoms with van der Waals surface area (Å²) in [5.74, 6) is 0.710. The van der Waals surface area contributed by atoms with Gasteiger partial charge in [0.05, 0.1) is 25.3 Å². The van der Waals surface area contributed by atoms with Crippen molar-refractivity contribution in [2.75, 3.05) is 20.3 Å². The molecule has 7 heteroatoms. The lowest BCUT2D eigenvalue weighted by atomic mass is 10.1. The maximum absolute atomic E-state index is 12.8. The minimum Gasteiger partial charge on any atom is -0.497 e. The molecule has 0 bridgehead atoms. The lowest BCUT2D eigenvalue weighted by molar-refractivity contribution is 0.0896. The van der Waals surface area contributed by atoms with Gasteiger partial charge in [0, 0.05) is 31.3 Å². The molecule has 1 saturated heterocycles. The molecule has 0 spiro atoms. The minimum absolute atomic E-state index is 0.121. The van der Waals surface area contributed by atoms with E-state index < -0.39 is 0 Å². The Bertz CT molecular complexity index is 1090. The van der Waals surface area contributed by atoms with Crippen molar-refractivity contribution in [2.24, 2.45) is 0 Å². The molecule has 1 aliphatic heterocycles. The number of aromatic amines is 1. The first kappa shape index (κ1) is 21.3. The summed E-state index contributed by atoms with van der Waals surface area (Å²) in [6.07, 6.45) is 2.19. The Hall–Kier alpha value is -2.90. The van der Waals surface area contributed by atoms with Crippen LogP contribution in [0.5, 0.6) is 5.75 Å². The molecule has 4 rings (SSSR count). The quantitative estimate of drug-likeness (QED) is 0.551. The molecule has 0 radical (unpaired) electrons. The third-order valence-electron chi connectivity index (χ3n) is 5.51. The van der Waals surface area contributed by atoms with Gasteiger partial charge in [0.2, 0.25) is 0 Å². The molecular formula is C24H27N3O3S. The first-order valence-corrected chi connectivity index (χ1v) is 10.9. The SMILES string of the molecule is COc1ccc2cc(CN(C[C@@H]3CCCO3)C(=S)NCc3ccccc3)c(=O)[nH]c2c1. The normalized spacial score (nSPS) is 15.7. The van der Waals surface area contributed by atoms with Crippen LogP contribution in [0.1, 0.15) is 24.0 Å². The van der Waals surface area contributed by atoms with Gasteiger partial charge in [-0.3, -0.25) is 4.79 Å². The Morgan fingerprint density at radius 2 is 2.10 bits per heavy atom. The molecule has 6 nitrogen and oxygen atoms in total. The first-order chi connectivity index (χ1) is 15.1. The molecule has 1 aromatic heterocycles. The number of thiocarbonyl (C=S) groups is 1. The van der Waals surface area contributed by atoms with Crippen LogP contribution in [0.15, 0.2) is 59.4 Å². The number of H-pyrrole nitrogens is 1. The largest absolute Gasteiger partial charge is 0.497 e. The van der Waals surface area contributed by atoms with E-state index in [0.29, 0.717) is 36.1 Å². The zero-order valence-electron chi connectivity index (χ0n) is 17.6. The molecular weight excluding hydrogens is 410 g/mol. The molecule has 0 amide bonds. The number of nitrogens with zero attached hydrogens (tertiary/aromatic N) is 1. The number of methoxy groups -OCH3 is 1.